The fourth-order valence-corrected chi connectivity index (χ4v) is 2.38. The van der Waals surface area contributed by atoms with E-state index in [9.17, 15) is 0 Å². The van der Waals surface area contributed by atoms with E-state index in [2.05, 4.69) is 48.3 Å². The lowest BCUT2D eigenvalue weighted by atomic mass is 9.87. The van der Waals surface area contributed by atoms with Crippen LogP contribution in [0.25, 0.3) is 0 Å². The standard InChI is InChI=1S/C16H30N4/c1-6-8-9-10-16(3,4)11-18-15-13(7-2)14(17-5)19-12-20-15/h12H,6-11H2,1-5H3,(H2,17,18,19,20). The van der Waals surface area contributed by atoms with Crippen LogP contribution in [0.5, 0.6) is 0 Å². The molecule has 20 heavy (non-hydrogen) atoms. The lowest BCUT2D eigenvalue weighted by Crippen LogP contribution is -2.24. The Morgan fingerprint density at radius 2 is 1.80 bits per heavy atom. The summed E-state index contributed by atoms with van der Waals surface area (Å²) in [6.07, 6.45) is 7.70. The van der Waals surface area contributed by atoms with E-state index in [1.807, 2.05) is 7.05 Å². The summed E-state index contributed by atoms with van der Waals surface area (Å²) in [5, 5.41) is 6.65. The number of hydrogen-bond donors (Lipinski definition) is 2. The summed E-state index contributed by atoms with van der Waals surface area (Å²) in [6, 6.07) is 0. The van der Waals surface area contributed by atoms with Gasteiger partial charge in [0.25, 0.3) is 0 Å². The third-order valence-corrected chi connectivity index (χ3v) is 3.73. The SMILES string of the molecule is CCCCCC(C)(C)CNc1ncnc(NC)c1CC. The Hall–Kier alpha value is -1.32. The molecule has 0 amide bonds. The Balaban J connectivity index is 2.64. The molecule has 114 valence electrons. The number of anilines is 2. The van der Waals surface area contributed by atoms with Crippen LogP contribution < -0.4 is 10.6 Å². The molecular formula is C16H30N4. The van der Waals surface area contributed by atoms with Crippen LogP contribution in [0.1, 0.15) is 58.9 Å². The Morgan fingerprint density at radius 1 is 1.10 bits per heavy atom. The molecule has 1 rings (SSSR count). The molecule has 4 heteroatoms. The van der Waals surface area contributed by atoms with Crippen LogP contribution in [0.15, 0.2) is 6.33 Å². The average molecular weight is 278 g/mol. The van der Waals surface area contributed by atoms with Crippen molar-refractivity contribution in [1.82, 2.24) is 9.97 Å². The summed E-state index contributed by atoms with van der Waals surface area (Å²) >= 11 is 0. The molecular weight excluding hydrogens is 248 g/mol. The number of hydrogen-bond acceptors (Lipinski definition) is 4. The largest absolute Gasteiger partial charge is 0.373 e. The molecule has 0 spiro atoms. The lowest BCUT2D eigenvalue weighted by Gasteiger charge is -2.26. The minimum Gasteiger partial charge on any atom is -0.373 e. The Bertz CT molecular complexity index is 401. The second-order valence-electron chi connectivity index (χ2n) is 6.13. The zero-order valence-corrected chi connectivity index (χ0v) is 13.7. The highest BCUT2D eigenvalue weighted by Gasteiger charge is 2.18. The maximum Gasteiger partial charge on any atom is 0.134 e. The summed E-state index contributed by atoms with van der Waals surface area (Å²) < 4.78 is 0. The van der Waals surface area contributed by atoms with Gasteiger partial charge in [0.05, 0.1) is 0 Å². The van der Waals surface area contributed by atoms with E-state index in [-0.39, 0.29) is 0 Å². The van der Waals surface area contributed by atoms with Gasteiger partial charge in [0.15, 0.2) is 0 Å². The highest BCUT2D eigenvalue weighted by Crippen LogP contribution is 2.26. The predicted molar refractivity (Wildman–Crippen MR) is 87.4 cm³/mol. The molecule has 0 bridgehead atoms. The number of unbranched alkanes of at least 4 members (excludes halogenated alkanes) is 2. The van der Waals surface area contributed by atoms with Gasteiger partial charge < -0.3 is 10.6 Å². The van der Waals surface area contributed by atoms with Crippen LogP contribution in [0, 0.1) is 5.41 Å². The number of aromatic nitrogens is 2. The predicted octanol–water partition coefficient (Wildman–Crippen LogP) is 4.10. The number of nitrogens with zero attached hydrogens (tertiary/aromatic N) is 2. The molecule has 0 unspecified atom stereocenters. The molecule has 4 nitrogen and oxygen atoms in total. The summed E-state index contributed by atoms with van der Waals surface area (Å²) in [4.78, 5) is 8.67. The fraction of sp³-hybridized carbons (Fsp3) is 0.750. The Kier molecular flexibility index (Phi) is 6.76. The second kappa shape index (κ2) is 8.08. The first-order valence-electron chi connectivity index (χ1n) is 7.79. The molecule has 1 heterocycles. The smallest absolute Gasteiger partial charge is 0.134 e. The quantitative estimate of drug-likeness (QED) is 0.668. The Morgan fingerprint density at radius 3 is 2.40 bits per heavy atom. The average Bonchev–Trinajstić information content (AvgIpc) is 2.44. The molecule has 0 atom stereocenters. The molecule has 0 aliphatic heterocycles. The summed E-state index contributed by atoms with van der Waals surface area (Å²) in [5.41, 5.74) is 1.46. The van der Waals surface area contributed by atoms with Gasteiger partial charge in [-0.2, -0.15) is 0 Å². The zero-order chi connectivity index (χ0) is 15.0. The van der Waals surface area contributed by atoms with Crippen molar-refractivity contribution in [3.63, 3.8) is 0 Å². The molecule has 0 aliphatic rings. The van der Waals surface area contributed by atoms with Gasteiger partial charge >= 0.3 is 0 Å². The van der Waals surface area contributed by atoms with E-state index in [1.54, 1.807) is 6.33 Å². The van der Waals surface area contributed by atoms with Gasteiger partial charge in [-0.25, -0.2) is 9.97 Å². The molecule has 0 saturated heterocycles. The first-order valence-corrected chi connectivity index (χ1v) is 7.79. The van der Waals surface area contributed by atoms with Crippen molar-refractivity contribution in [2.24, 2.45) is 5.41 Å². The monoisotopic (exact) mass is 278 g/mol. The van der Waals surface area contributed by atoms with E-state index >= 15 is 0 Å². The van der Waals surface area contributed by atoms with Crippen molar-refractivity contribution >= 4 is 11.6 Å². The van der Waals surface area contributed by atoms with Crippen LogP contribution in [0.4, 0.5) is 11.6 Å². The van der Waals surface area contributed by atoms with E-state index in [4.69, 9.17) is 0 Å². The van der Waals surface area contributed by atoms with Gasteiger partial charge in [-0.05, 0) is 18.3 Å². The third-order valence-electron chi connectivity index (χ3n) is 3.73. The maximum absolute atomic E-state index is 4.40. The van der Waals surface area contributed by atoms with Crippen molar-refractivity contribution in [2.75, 3.05) is 24.2 Å². The van der Waals surface area contributed by atoms with E-state index in [0.717, 1.165) is 24.6 Å². The van der Waals surface area contributed by atoms with Crippen molar-refractivity contribution in [3.8, 4) is 0 Å². The van der Waals surface area contributed by atoms with E-state index in [1.165, 1.54) is 31.2 Å². The fourth-order valence-electron chi connectivity index (χ4n) is 2.38. The van der Waals surface area contributed by atoms with Crippen molar-refractivity contribution < 1.29 is 0 Å². The number of rotatable bonds is 9. The van der Waals surface area contributed by atoms with Crippen LogP contribution in [0.2, 0.25) is 0 Å². The molecule has 0 aromatic carbocycles. The van der Waals surface area contributed by atoms with Crippen LogP contribution in [-0.2, 0) is 6.42 Å². The van der Waals surface area contributed by atoms with Crippen molar-refractivity contribution in [1.29, 1.82) is 0 Å². The van der Waals surface area contributed by atoms with E-state index < -0.39 is 0 Å². The van der Waals surface area contributed by atoms with Crippen molar-refractivity contribution in [2.45, 2.75) is 59.8 Å². The molecule has 0 aliphatic carbocycles. The molecule has 0 fully saturated rings. The molecule has 0 radical (unpaired) electrons. The van der Waals surface area contributed by atoms with Gasteiger partial charge in [0.1, 0.15) is 18.0 Å². The van der Waals surface area contributed by atoms with Gasteiger partial charge in [-0.15, -0.1) is 0 Å². The van der Waals surface area contributed by atoms with Crippen LogP contribution in [-0.4, -0.2) is 23.6 Å². The van der Waals surface area contributed by atoms with Gasteiger partial charge in [0.2, 0.25) is 0 Å². The normalized spacial score (nSPS) is 11.4. The van der Waals surface area contributed by atoms with Gasteiger partial charge in [-0.3, -0.25) is 0 Å². The first-order chi connectivity index (χ1) is 9.54. The van der Waals surface area contributed by atoms with Gasteiger partial charge in [0, 0.05) is 19.2 Å². The topological polar surface area (TPSA) is 49.8 Å². The minimum atomic E-state index is 0.297. The minimum absolute atomic E-state index is 0.297. The third kappa shape index (κ3) is 4.99. The Labute approximate surface area is 123 Å². The maximum atomic E-state index is 4.40. The summed E-state index contributed by atoms with van der Waals surface area (Å²) in [5.74, 6) is 1.89. The molecule has 1 aromatic heterocycles. The highest BCUT2D eigenvalue weighted by molar-refractivity contribution is 5.57. The van der Waals surface area contributed by atoms with Crippen molar-refractivity contribution in [3.05, 3.63) is 11.9 Å². The van der Waals surface area contributed by atoms with E-state index in [0.29, 0.717) is 5.41 Å². The molecule has 0 saturated carbocycles. The van der Waals surface area contributed by atoms with Crippen LogP contribution >= 0.6 is 0 Å². The summed E-state index contributed by atoms with van der Waals surface area (Å²) in [7, 11) is 1.90. The number of nitrogens with one attached hydrogen (secondary N) is 2. The summed E-state index contributed by atoms with van der Waals surface area (Å²) in [6.45, 7) is 9.98. The molecule has 1 aromatic rings. The second-order valence-corrected chi connectivity index (χ2v) is 6.13. The van der Waals surface area contributed by atoms with Gasteiger partial charge in [-0.1, -0.05) is 47.0 Å². The lowest BCUT2D eigenvalue weighted by molar-refractivity contribution is 0.342. The first kappa shape index (κ1) is 16.7. The zero-order valence-electron chi connectivity index (χ0n) is 13.7. The van der Waals surface area contributed by atoms with Crippen LogP contribution in [0.3, 0.4) is 0 Å². The molecule has 2 N–H and O–H groups in total. The highest BCUT2D eigenvalue weighted by atomic mass is 15.1.